The molecule has 0 atom stereocenters. The highest BCUT2D eigenvalue weighted by molar-refractivity contribution is 7.09. The summed E-state index contributed by atoms with van der Waals surface area (Å²) in [7, 11) is 0. The summed E-state index contributed by atoms with van der Waals surface area (Å²) < 4.78 is 5.35. The number of carboxylic acids is 1. The molecule has 3 rings (SSSR count). The fourth-order valence-electron chi connectivity index (χ4n) is 2.74. The molecule has 0 aliphatic rings. The second-order valence-electron chi connectivity index (χ2n) is 7.46. The van der Waals surface area contributed by atoms with E-state index in [0.717, 1.165) is 21.5 Å². The van der Waals surface area contributed by atoms with E-state index >= 15 is 0 Å². The number of carbonyl (C=O) groups excluding carboxylic acids is 1. The normalized spacial score (nSPS) is 11.4. The Balaban J connectivity index is 1.78. The highest BCUT2D eigenvalue weighted by atomic mass is 32.1. The van der Waals surface area contributed by atoms with Crippen LogP contribution in [0.5, 0.6) is 5.75 Å². The van der Waals surface area contributed by atoms with Gasteiger partial charge in [-0.1, -0.05) is 45.0 Å². The number of carbonyl (C=O) groups is 2. The van der Waals surface area contributed by atoms with Gasteiger partial charge in [0.05, 0.1) is 17.1 Å². The Labute approximate surface area is 167 Å². The van der Waals surface area contributed by atoms with Gasteiger partial charge in [0, 0.05) is 27.3 Å². The Morgan fingerprint density at radius 3 is 2.50 bits per heavy atom. The topological polar surface area (TPSA) is 88.5 Å². The Bertz CT molecular complexity index is 1020. The molecule has 3 aromatic rings. The highest BCUT2D eigenvalue weighted by Crippen LogP contribution is 2.32. The van der Waals surface area contributed by atoms with Crippen LogP contribution in [-0.2, 0) is 21.4 Å². The first kappa shape index (κ1) is 19.8. The number of nitrogens with one attached hydrogen (secondary N) is 1. The van der Waals surface area contributed by atoms with Crippen LogP contribution in [0.25, 0.3) is 10.8 Å². The molecule has 7 heteroatoms. The first-order valence-electron chi connectivity index (χ1n) is 8.85. The number of amides is 1. The van der Waals surface area contributed by atoms with E-state index in [9.17, 15) is 9.59 Å². The molecule has 0 unspecified atom stereocenters. The van der Waals surface area contributed by atoms with Crippen molar-refractivity contribution in [1.29, 1.82) is 0 Å². The number of thiazole rings is 1. The minimum atomic E-state index is -1.04. The molecule has 2 N–H and O–H groups in total. The van der Waals surface area contributed by atoms with Gasteiger partial charge in [0.25, 0.3) is 0 Å². The van der Waals surface area contributed by atoms with Gasteiger partial charge >= 0.3 is 5.97 Å². The van der Waals surface area contributed by atoms with Gasteiger partial charge in [-0.25, -0.2) is 9.78 Å². The van der Waals surface area contributed by atoms with Gasteiger partial charge in [-0.15, -0.1) is 11.3 Å². The van der Waals surface area contributed by atoms with Crippen LogP contribution in [0.4, 0.5) is 5.69 Å². The maximum Gasteiger partial charge on any atom is 0.341 e. The summed E-state index contributed by atoms with van der Waals surface area (Å²) in [5, 5.41) is 16.2. The number of anilines is 1. The lowest BCUT2D eigenvalue weighted by atomic mass is 9.98. The SMILES string of the molecule is CC(C)(C)c1nc(CC(=O)Nc2ccc(OCC(=O)O)c3ccccc23)cs1. The van der Waals surface area contributed by atoms with Crippen LogP contribution in [0.15, 0.2) is 41.8 Å². The summed E-state index contributed by atoms with van der Waals surface area (Å²) in [6.45, 7) is 5.86. The summed E-state index contributed by atoms with van der Waals surface area (Å²) in [4.78, 5) is 27.9. The molecule has 1 aromatic heterocycles. The monoisotopic (exact) mass is 398 g/mol. The molecule has 0 aliphatic heterocycles. The van der Waals surface area contributed by atoms with E-state index in [1.165, 1.54) is 0 Å². The summed E-state index contributed by atoms with van der Waals surface area (Å²) >= 11 is 1.56. The Kier molecular flexibility index (Phi) is 5.65. The number of hydrogen-bond donors (Lipinski definition) is 2. The van der Waals surface area contributed by atoms with Crippen molar-refractivity contribution in [2.45, 2.75) is 32.6 Å². The number of rotatable bonds is 6. The predicted octanol–water partition coefficient (Wildman–Crippen LogP) is 4.24. The van der Waals surface area contributed by atoms with Crippen LogP contribution in [0.3, 0.4) is 0 Å². The van der Waals surface area contributed by atoms with Crippen molar-refractivity contribution in [3.05, 3.63) is 52.5 Å². The van der Waals surface area contributed by atoms with E-state index in [4.69, 9.17) is 9.84 Å². The summed E-state index contributed by atoms with van der Waals surface area (Å²) in [5.41, 5.74) is 1.36. The number of aromatic nitrogens is 1. The lowest BCUT2D eigenvalue weighted by molar-refractivity contribution is -0.139. The van der Waals surface area contributed by atoms with Crippen molar-refractivity contribution >= 4 is 39.7 Å². The van der Waals surface area contributed by atoms with Crippen LogP contribution in [0.1, 0.15) is 31.5 Å². The number of aliphatic carboxylic acids is 1. The largest absolute Gasteiger partial charge is 0.481 e. The third-order valence-corrected chi connectivity index (χ3v) is 5.36. The standard InChI is InChI=1S/C21H22N2O4S/c1-21(2,3)20-22-13(12-28-20)10-18(24)23-16-8-9-17(27-11-19(25)26)15-7-5-4-6-14(15)16/h4-9,12H,10-11H2,1-3H3,(H,23,24)(H,25,26). The number of ether oxygens (including phenoxy) is 1. The third kappa shape index (κ3) is 4.67. The van der Waals surface area contributed by atoms with E-state index < -0.39 is 12.6 Å². The van der Waals surface area contributed by atoms with Crippen LogP contribution in [0, 0.1) is 0 Å². The molecular weight excluding hydrogens is 376 g/mol. The molecule has 0 fully saturated rings. The van der Waals surface area contributed by atoms with Gasteiger partial charge in [0.2, 0.25) is 5.91 Å². The molecule has 6 nitrogen and oxygen atoms in total. The van der Waals surface area contributed by atoms with E-state index in [1.807, 2.05) is 29.6 Å². The first-order chi connectivity index (χ1) is 13.2. The molecule has 2 aromatic carbocycles. The van der Waals surface area contributed by atoms with Crippen molar-refractivity contribution in [1.82, 2.24) is 4.98 Å². The second kappa shape index (κ2) is 7.98. The van der Waals surface area contributed by atoms with Crippen molar-refractivity contribution in [3.63, 3.8) is 0 Å². The van der Waals surface area contributed by atoms with Crippen LogP contribution >= 0.6 is 11.3 Å². The lowest BCUT2D eigenvalue weighted by Crippen LogP contribution is -2.16. The molecule has 28 heavy (non-hydrogen) atoms. The highest BCUT2D eigenvalue weighted by Gasteiger charge is 2.19. The molecule has 1 amide bonds. The zero-order valence-electron chi connectivity index (χ0n) is 16.0. The van der Waals surface area contributed by atoms with Gasteiger partial charge in [-0.2, -0.15) is 0 Å². The zero-order chi connectivity index (χ0) is 20.3. The Morgan fingerprint density at radius 1 is 1.14 bits per heavy atom. The smallest absolute Gasteiger partial charge is 0.341 e. The second-order valence-corrected chi connectivity index (χ2v) is 8.32. The van der Waals surface area contributed by atoms with Gasteiger partial charge in [0.15, 0.2) is 6.61 Å². The average Bonchev–Trinajstić information content (AvgIpc) is 3.09. The lowest BCUT2D eigenvalue weighted by Gasteiger charge is -2.13. The minimum absolute atomic E-state index is 0.0403. The molecule has 0 radical (unpaired) electrons. The predicted molar refractivity (Wildman–Crippen MR) is 110 cm³/mol. The van der Waals surface area contributed by atoms with Gasteiger partial charge in [0.1, 0.15) is 5.75 Å². The molecule has 0 spiro atoms. The van der Waals surface area contributed by atoms with Crippen molar-refractivity contribution < 1.29 is 19.4 Å². The van der Waals surface area contributed by atoms with Gasteiger partial charge in [-0.05, 0) is 12.1 Å². The van der Waals surface area contributed by atoms with E-state index in [2.05, 4.69) is 31.1 Å². The minimum Gasteiger partial charge on any atom is -0.481 e. The van der Waals surface area contributed by atoms with Crippen LogP contribution in [-0.4, -0.2) is 28.6 Å². The summed E-state index contributed by atoms with van der Waals surface area (Å²) in [6.07, 6.45) is 0.193. The fourth-order valence-corrected chi connectivity index (χ4v) is 3.64. The number of benzene rings is 2. The van der Waals surface area contributed by atoms with Crippen molar-refractivity contribution in [2.75, 3.05) is 11.9 Å². The van der Waals surface area contributed by atoms with Crippen LogP contribution in [0.2, 0.25) is 0 Å². The zero-order valence-corrected chi connectivity index (χ0v) is 16.8. The first-order valence-corrected chi connectivity index (χ1v) is 9.73. The third-order valence-electron chi connectivity index (χ3n) is 4.04. The number of fused-ring (bicyclic) bond motifs is 1. The molecule has 0 bridgehead atoms. The Morgan fingerprint density at radius 2 is 1.86 bits per heavy atom. The average molecular weight is 398 g/mol. The van der Waals surface area contributed by atoms with Crippen LogP contribution < -0.4 is 10.1 Å². The summed E-state index contributed by atoms with van der Waals surface area (Å²) in [5.74, 6) is -0.736. The van der Waals surface area contributed by atoms with Crippen molar-refractivity contribution in [3.8, 4) is 5.75 Å². The van der Waals surface area contributed by atoms with Gasteiger partial charge < -0.3 is 15.2 Å². The van der Waals surface area contributed by atoms with Gasteiger partial charge in [-0.3, -0.25) is 4.79 Å². The number of carboxylic acid groups (broad SMARTS) is 1. The molecule has 0 saturated heterocycles. The maximum absolute atomic E-state index is 12.5. The molecule has 0 aliphatic carbocycles. The molecular formula is C21H22N2O4S. The molecule has 0 saturated carbocycles. The Hall–Kier alpha value is -2.93. The van der Waals surface area contributed by atoms with E-state index in [1.54, 1.807) is 23.5 Å². The van der Waals surface area contributed by atoms with E-state index in [-0.39, 0.29) is 17.7 Å². The molecule has 146 valence electrons. The molecule has 1 heterocycles. The van der Waals surface area contributed by atoms with Crippen molar-refractivity contribution in [2.24, 2.45) is 0 Å². The number of hydrogen-bond acceptors (Lipinski definition) is 5. The number of nitrogens with zero attached hydrogens (tertiary/aromatic N) is 1. The fraction of sp³-hybridized carbons (Fsp3) is 0.286. The maximum atomic E-state index is 12.5. The quantitative estimate of drug-likeness (QED) is 0.648. The van der Waals surface area contributed by atoms with E-state index in [0.29, 0.717) is 11.4 Å². The summed E-state index contributed by atoms with van der Waals surface area (Å²) in [6, 6.07) is 10.8.